The van der Waals surface area contributed by atoms with E-state index in [0.717, 1.165) is 9.90 Å². The van der Waals surface area contributed by atoms with Gasteiger partial charge < -0.3 is 5.73 Å². The van der Waals surface area contributed by atoms with Gasteiger partial charge in [0.05, 0.1) is 16.1 Å². The Kier molecular flexibility index (Phi) is 3.02. The number of fused-ring (bicyclic) bond motifs is 1. The summed E-state index contributed by atoms with van der Waals surface area (Å²) in [5.41, 5.74) is 7.74. The zero-order valence-electron chi connectivity index (χ0n) is 8.94. The summed E-state index contributed by atoms with van der Waals surface area (Å²) in [7, 11) is 0. The van der Waals surface area contributed by atoms with Crippen LogP contribution in [0.4, 0.5) is 5.13 Å². The van der Waals surface area contributed by atoms with E-state index in [2.05, 4.69) is 15.1 Å². The lowest BCUT2D eigenvalue weighted by Crippen LogP contribution is -2.14. The number of nitrogen functional groups attached to an aromatic ring is 1. The summed E-state index contributed by atoms with van der Waals surface area (Å²) in [6, 6.07) is 1.50. The maximum atomic E-state index is 11.7. The van der Waals surface area contributed by atoms with Crippen LogP contribution in [0.25, 0.3) is 4.96 Å². The van der Waals surface area contributed by atoms with Gasteiger partial charge in [0.2, 0.25) is 4.96 Å². The maximum absolute atomic E-state index is 11.7. The number of thiazole rings is 1. The third-order valence-corrected chi connectivity index (χ3v) is 4.83. The highest BCUT2D eigenvalue weighted by Crippen LogP contribution is 2.28. The normalized spacial score (nSPS) is 11.1. The Hall–Kier alpha value is -1.45. The van der Waals surface area contributed by atoms with Crippen molar-refractivity contribution in [2.75, 3.05) is 5.73 Å². The third kappa shape index (κ3) is 2.24. The molecule has 92 valence electrons. The smallest absolute Gasteiger partial charge is 0.275 e. The van der Waals surface area contributed by atoms with E-state index in [1.54, 1.807) is 23.5 Å². The second kappa shape index (κ2) is 4.67. The summed E-state index contributed by atoms with van der Waals surface area (Å²) in [4.78, 5) is 20.7. The molecule has 0 aliphatic rings. The van der Waals surface area contributed by atoms with E-state index in [1.165, 1.54) is 33.3 Å². The number of rotatable bonds is 3. The quantitative estimate of drug-likeness (QED) is 0.737. The van der Waals surface area contributed by atoms with Gasteiger partial charge in [0.1, 0.15) is 5.51 Å². The van der Waals surface area contributed by atoms with E-state index < -0.39 is 0 Å². The minimum Gasteiger partial charge on any atom is -0.375 e. The van der Waals surface area contributed by atoms with Crippen molar-refractivity contribution in [1.82, 2.24) is 19.6 Å². The molecule has 0 saturated carbocycles. The van der Waals surface area contributed by atoms with Gasteiger partial charge in [-0.25, -0.2) is 9.97 Å². The molecule has 0 radical (unpaired) electrons. The molecule has 0 atom stereocenters. The molecule has 0 fully saturated rings. The topological polar surface area (TPSA) is 86.2 Å². The lowest BCUT2D eigenvalue weighted by atomic mass is 10.4. The van der Waals surface area contributed by atoms with Crippen molar-refractivity contribution in [3.8, 4) is 0 Å². The average Bonchev–Trinajstić information content (AvgIpc) is 2.95. The standard InChI is InChI=1S/C9H7N5OS3/c10-8-11-2-7(18-8)16-3-5-1-6(15)14-9(13-5)17-4-12-14/h1-2,4H,3H2,(H2,10,11). The Labute approximate surface area is 114 Å². The molecule has 3 aromatic rings. The minimum atomic E-state index is -0.152. The molecule has 0 amide bonds. The first kappa shape index (κ1) is 11.6. The first-order valence-electron chi connectivity index (χ1n) is 4.89. The van der Waals surface area contributed by atoms with Crippen LogP contribution in [0.2, 0.25) is 0 Å². The van der Waals surface area contributed by atoms with Gasteiger partial charge in [0.25, 0.3) is 5.56 Å². The van der Waals surface area contributed by atoms with Gasteiger partial charge in [0.15, 0.2) is 5.13 Å². The van der Waals surface area contributed by atoms with Crippen LogP contribution in [-0.4, -0.2) is 19.6 Å². The molecule has 6 nitrogen and oxygen atoms in total. The fourth-order valence-corrected chi connectivity index (χ4v) is 3.65. The number of anilines is 1. The highest BCUT2D eigenvalue weighted by Gasteiger charge is 2.06. The van der Waals surface area contributed by atoms with E-state index in [1.807, 2.05) is 0 Å². The summed E-state index contributed by atoms with van der Waals surface area (Å²) >= 11 is 4.33. The van der Waals surface area contributed by atoms with Crippen LogP contribution in [0.3, 0.4) is 0 Å². The summed E-state index contributed by atoms with van der Waals surface area (Å²) < 4.78 is 2.31. The van der Waals surface area contributed by atoms with Crippen molar-refractivity contribution < 1.29 is 0 Å². The molecule has 3 heterocycles. The predicted octanol–water partition coefficient (Wildman–Crippen LogP) is 1.48. The molecule has 9 heteroatoms. The Bertz CT molecular complexity index is 746. The Balaban J connectivity index is 1.84. The summed E-state index contributed by atoms with van der Waals surface area (Å²) in [6.45, 7) is 0. The van der Waals surface area contributed by atoms with Crippen molar-refractivity contribution in [3.05, 3.63) is 33.8 Å². The number of aromatic nitrogens is 4. The molecule has 18 heavy (non-hydrogen) atoms. The van der Waals surface area contributed by atoms with Gasteiger partial charge in [-0.2, -0.15) is 9.61 Å². The predicted molar refractivity (Wildman–Crippen MR) is 73.2 cm³/mol. The monoisotopic (exact) mass is 297 g/mol. The van der Waals surface area contributed by atoms with Gasteiger partial charge in [-0.05, 0) is 0 Å². The molecule has 0 saturated heterocycles. The van der Waals surface area contributed by atoms with Gasteiger partial charge in [0, 0.05) is 11.8 Å². The van der Waals surface area contributed by atoms with Crippen LogP contribution >= 0.6 is 34.4 Å². The fraction of sp³-hybridized carbons (Fsp3) is 0.111. The highest BCUT2D eigenvalue weighted by atomic mass is 32.2. The van der Waals surface area contributed by atoms with Gasteiger partial charge in [-0.1, -0.05) is 22.7 Å². The SMILES string of the molecule is Nc1ncc(SCc2cc(=O)n3ncsc3n2)s1. The van der Waals surface area contributed by atoms with E-state index in [-0.39, 0.29) is 5.56 Å². The Morgan fingerprint density at radius 1 is 1.50 bits per heavy atom. The van der Waals surface area contributed by atoms with Gasteiger partial charge in [-0.15, -0.1) is 11.8 Å². The molecule has 0 aliphatic carbocycles. The van der Waals surface area contributed by atoms with Crippen LogP contribution in [0, 0.1) is 0 Å². The van der Waals surface area contributed by atoms with E-state index in [0.29, 0.717) is 15.8 Å². The van der Waals surface area contributed by atoms with Crippen LogP contribution in [-0.2, 0) is 5.75 Å². The average molecular weight is 297 g/mol. The molecule has 3 aromatic heterocycles. The molecule has 0 bridgehead atoms. The second-order valence-electron chi connectivity index (χ2n) is 3.33. The molecule has 2 N–H and O–H groups in total. The zero-order valence-corrected chi connectivity index (χ0v) is 11.4. The second-order valence-corrected chi connectivity index (χ2v) is 6.47. The highest BCUT2D eigenvalue weighted by molar-refractivity contribution is 8.00. The number of nitrogens with zero attached hydrogens (tertiary/aromatic N) is 4. The van der Waals surface area contributed by atoms with Crippen molar-refractivity contribution in [3.63, 3.8) is 0 Å². The van der Waals surface area contributed by atoms with Gasteiger partial charge in [-0.3, -0.25) is 4.79 Å². The first-order valence-corrected chi connectivity index (χ1v) is 7.57. The maximum Gasteiger partial charge on any atom is 0.275 e. The van der Waals surface area contributed by atoms with Crippen LogP contribution in [0.15, 0.2) is 26.8 Å². The number of hydrogen-bond donors (Lipinski definition) is 1. The lowest BCUT2D eigenvalue weighted by molar-refractivity contribution is 0.888. The molecule has 0 unspecified atom stereocenters. The summed E-state index contributed by atoms with van der Waals surface area (Å²) in [5.74, 6) is 0.616. The minimum absolute atomic E-state index is 0.152. The van der Waals surface area contributed by atoms with Crippen molar-refractivity contribution >= 4 is 44.5 Å². The van der Waals surface area contributed by atoms with Crippen LogP contribution in [0.5, 0.6) is 0 Å². The molecule has 3 rings (SSSR count). The number of thioether (sulfide) groups is 1. The molecule has 0 spiro atoms. The Morgan fingerprint density at radius 2 is 2.39 bits per heavy atom. The number of hydrogen-bond acceptors (Lipinski definition) is 8. The number of nitrogens with two attached hydrogens (primary N) is 1. The van der Waals surface area contributed by atoms with Crippen molar-refractivity contribution in [1.29, 1.82) is 0 Å². The molecule has 0 aliphatic heterocycles. The Morgan fingerprint density at radius 3 is 3.17 bits per heavy atom. The van der Waals surface area contributed by atoms with Crippen LogP contribution in [0.1, 0.15) is 5.69 Å². The van der Waals surface area contributed by atoms with E-state index >= 15 is 0 Å². The summed E-state index contributed by atoms with van der Waals surface area (Å²) in [6.07, 6.45) is 1.72. The van der Waals surface area contributed by atoms with E-state index in [4.69, 9.17) is 5.73 Å². The van der Waals surface area contributed by atoms with Gasteiger partial charge >= 0.3 is 0 Å². The van der Waals surface area contributed by atoms with Crippen molar-refractivity contribution in [2.45, 2.75) is 9.96 Å². The molecule has 0 aromatic carbocycles. The fourth-order valence-electron chi connectivity index (χ4n) is 1.36. The largest absolute Gasteiger partial charge is 0.375 e. The van der Waals surface area contributed by atoms with E-state index in [9.17, 15) is 4.79 Å². The lowest BCUT2D eigenvalue weighted by Gasteiger charge is -1.98. The molecular formula is C9H7N5OS3. The third-order valence-electron chi connectivity index (χ3n) is 2.10. The summed E-state index contributed by atoms with van der Waals surface area (Å²) in [5, 5.41) is 4.45. The zero-order chi connectivity index (χ0) is 12.5. The molecular weight excluding hydrogens is 290 g/mol. The van der Waals surface area contributed by atoms with Crippen LogP contribution < -0.4 is 11.3 Å². The first-order chi connectivity index (χ1) is 8.72. The van der Waals surface area contributed by atoms with Crippen molar-refractivity contribution in [2.24, 2.45) is 0 Å².